The Morgan fingerprint density at radius 1 is 1.39 bits per heavy atom. The predicted molar refractivity (Wildman–Crippen MR) is 62.7 cm³/mol. The minimum atomic E-state index is -4.30. The van der Waals surface area contributed by atoms with Crippen molar-refractivity contribution in [2.75, 3.05) is 0 Å². The van der Waals surface area contributed by atoms with Crippen LogP contribution >= 0.6 is 0 Å². The molecule has 0 radical (unpaired) electrons. The topological polar surface area (TPSA) is 96.0 Å². The van der Waals surface area contributed by atoms with Crippen molar-refractivity contribution in [3.8, 4) is 0 Å². The van der Waals surface area contributed by atoms with Crippen LogP contribution in [-0.4, -0.2) is 19.8 Å². The number of hydrogen-bond acceptors (Lipinski definition) is 3. The van der Waals surface area contributed by atoms with E-state index in [9.17, 15) is 17.2 Å². The van der Waals surface area contributed by atoms with Crippen molar-refractivity contribution < 1.29 is 17.2 Å². The lowest BCUT2D eigenvalue weighted by Crippen LogP contribution is -2.52. The van der Waals surface area contributed by atoms with Gasteiger partial charge < -0.3 is 5.73 Å². The molecule has 0 bridgehead atoms. The quantitative estimate of drug-likeness (QED) is 0.565. The first-order valence-corrected chi connectivity index (χ1v) is 6.38. The van der Waals surface area contributed by atoms with Crippen LogP contribution in [0.3, 0.4) is 0 Å². The number of nitrogens with one attached hydrogen (secondary N) is 2. The predicted octanol–water partition coefficient (Wildman–Crippen LogP) is 0.958. The lowest BCUT2D eigenvalue weighted by molar-refractivity contribution is 0.523. The monoisotopic (exact) mass is 277 g/mol. The second-order valence-corrected chi connectivity index (χ2v) is 5.87. The molecule has 100 valence electrons. The maximum absolute atomic E-state index is 13.4. The summed E-state index contributed by atoms with van der Waals surface area (Å²) in [4.78, 5) is -0.822. The molecular formula is C10H13F2N3O2S. The molecule has 1 aromatic rings. The largest absolute Gasteiger partial charge is 0.386 e. The third-order valence-electron chi connectivity index (χ3n) is 2.25. The van der Waals surface area contributed by atoms with E-state index in [0.717, 1.165) is 6.07 Å². The van der Waals surface area contributed by atoms with Crippen LogP contribution in [0.4, 0.5) is 8.78 Å². The molecule has 0 saturated heterocycles. The summed E-state index contributed by atoms with van der Waals surface area (Å²) in [6.07, 6.45) is 0. The molecule has 0 fully saturated rings. The molecule has 0 aromatic heterocycles. The normalized spacial score (nSPS) is 12.4. The molecule has 0 heterocycles. The molecule has 0 aliphatic heterocycles. The number of rotatable bonds is 4. The zero-order chi connectivity index (χ0) is 14.1. The van der Waals surface area contributed by atoms with Gasteiger partial charge in [0, 0.05) is 0 Å². The van der Waals surface area contributed by atoms with Crippen molar-refractivity contribution in [1.82, 2.24) is 4.72 Å². The zero-order valence-electron chi connectivity index (χ0n) is 9.79. The molecule has 4 N–H and O–H groups in total. The smallest absolute Gasteiger partial charge is 0.244 e. The zero-order valence-corrected chi connectivity index (χ0v) is 10.6. The van der Waals surface area contributed by atoms with Crippen molar-refractivity contribution in [1.29, 1.82) is 5.41 Å². The molecule has 0 aliphatic carbocycles. The van der Waals surface area contributed by atoms with Gasteiger partial charge in [0.25, 0.3) is 0 Å². The van der Waals surface area contributed by atoms with E-state index in [2.05, 4.69) is 0 Å². The molecule has 0 atom stereocenters. The van der Waals surface area contributed by atoms with E-state index in [0.29, 0.717) is 12.1 Å². The fraction of sp³-hybridized carbons (Fsp3) is 0.300. The Labute approximate surface area is 104 Å². The number of amidine groups is 1. The third-order valence-corrected chi connectivity index (χ3v) is 3.92. The van der Waals surface area contributed by atoms with E-state index < -0.39 is 37.9 Å². The first-order chi connectivity index (χ1) is 8.06. The van der Waals surface area contributed by atoms with E-state index in [1.54, 1.807) is 0 Å². The summed E-state index contributed by atoms with van der Waals surface area (Å²) in [7, 11) is -4.30. The third kappa shape index (κ3) is 3.02. The maximum Gasteiger partial charge on any atom is 0.244 e. The first-order valence-electron chi connectivity index (χ1n) is 4.90. The van der Waals surface area contributed by atoms with E-state index >= 15 is 0 Å². The molecular weight excluding hydrogens is 264 g/mol. The molecule has 0 amide bonds. The van der Waals surface area contributed by atoms with Crippen LogP contribution in [0.15, 0.2) is 23.1 Å². The van der Waals surface area contributed by atoms with Crippen LogP contribution in [0.5, 0.6) is 0 Å². The summed E-state index contributed by atoms with van der Waals surface area (Å²) in [5, 5.41) is 7.22. The molecule has 0 unspecified atom stereocenters. The molecule has 0 spiro atoms. The second-order valence-electron chi connectivity index (χ2n) is 4.22. The van der Waals surface area contributed by atoms with Crippen molar-refractivity contribution >= 4 is 15.9 Å². The summed E-state index contributed by atoms with van der Waals surface area (Å²) < 4.78 is 52.1. The average Bonchev–Trinajstić information content (AvgIpc) is 2.19. The molecule has 1 aromatic carbocycles. The Kier molecular flexibility index (Phi) is 3.72. The van der Waals surface area contributed by atoms with Gasteiger partial charge in [0.2, 0.25) is 10.0 Å². The molecule has 5 nitrogen and oxygen atoms in total. The molecule has 8 heteroatoms. The fourth-order valence-corrected chi connectivity index (χ4v) is 2.61. The second kappa shape index (κ2) is 4.62. The van der Waals surface area contributed by atoms with Crippen molar-refractivity contribution in [3.05, 3.63) is 29.8 Å². The van der Waals surface area contributed by atoms with Gasteiger partial charge in [-0.2, -0.15) is 4.72 Å². The molecule has 0 aliphatic rings. The number of benzene rings is 1. The van der Waals surface area contributed by atoms with Crippen LogP contribution in [0.2, 0.25) is 0 Å². The number of hydrogen-bond donors (Lipinski definition) is 3. The molecule has 1 rings (SSSR count). The van der Waals surface area contributed by atoms with Gasteiger partial charge in [-0.3, -0.25) is 5.41 Å². The highest BCUT2D eigenvalue weighted by Crippen LogP contribution is 2.17. The van der Waals surface area contributed by atoms with Crippen molar-refractivity contribution in [2.45, 2.75) is 24.3 Å². The van der Waals surface area contributed by atoms with Crippen molar-refractivity contribution in [3.63, 3.8) is 0 Å². The van der Waals surface area contributed by atoms with Crippen LogP contribution < -0.4 is 10.5 Å². The first kappa shape index (κ1) is 14.5. The minimum absolute atomic E-state index is 0.442. The fourth-order valence-electron chi connectivity index (χ4n) is 1.13. The van der Waals surface area contributed by atoms with Crippen LogP contribution in [-0.2, 0) is 10.0 Å². The van der Waals surface area contributed by atoms with Crippen LogP contribution in [0.1, 0.15) is 13.8 Å². The van der Waals surface area contributed by atoms with Gasteiger partial charge in [0.15, 0.2) is 0 Å². The van der Waals surface area contributed by atoms with Gasteiger partial charge in [-0.15, -0.1) is 0 Å². The average molecular weight is 277 g/mol. The van der Waals surface area contributed by atoms with Gasteiger partial charge in [-0.05, 0) is 32.0 Å². The highest BCUT2D eigenvalue weighted by Gasteiger charge is 2.30. The lowest BCUT2D eigenvalue weighted by Gasteiger charge is -2.24. The Morgan fingerprint density at radius 3 is 2.44 bits per heavy atom. The Hall–Kier alpha value is -1.54. The lowest BCUT2D eigenvalue weighted by atomic mass is 10.1. The van der Waals surface area contributed by atoms with Gasteiger partial charge in [-0.1, -0.05) is 0 Å². The van der Waals surface area contributed by atoms with Crippen LogP contribution in [0.25, 0.3) is 0 Å². The summed E-state index contributed by atoms with van der Waals surface area (Å²) in [6.45, 7) is 2.67. The molecule has 18 heavy (non-hydrogen) atoms. The summed E-state index contributed by atoms with van der Waals surface area (Å²) in [5.41, 5.74) is 3.82. The highest BCUT2D eigenvalue weighted by atomic mass is 32.2. The van der Waals surface area contributed by atoms with Gasteiger partial charge in [-0.25, -0.2) is 17.2 Å². The van der Waals surface area contributed by atoms with Crippen LogP contribution in [0, 0.1) is 17.0 Å². The summed E-state index contributed by atoms with van der Waals surface area (Å²) >= 11 is 0. The SMILES string of the molecule is CC(C)(NS(=O)(=O)c1cc(F)ccc1F)C(=N)N. The van der Waals surface area contributed by atoms with Gasteiger partial charge in [0.1, 0.15) is 22.4 Å². The minimum Gasteiger partial charge on any atom is -0.386 e. The maximum atomic E-state index is 13.4. The number of nitrogens with two attached hydrogens (primary N) is 1. The van der Waals surface area contributed by atoms with E-state index in [1.165, 1.54) is 13.8 Å². The van der Waals surface area contributed by atoms with Gasteiger partial charge in [0.05, 0.1) is 5.54 Å². The number of halogens is 2. The summed E-state index contributed by atoms with van der Waals surface area (Å²) in [5.74, 6) is -2.40. The van der Waals surface area contributed by atoms with Gasteiger partial charge >= 0.3 is 0 Å². The number of sulfonamides is 1. The highest BCUT2D eigenvalue weighted by molar-refractivity contribution is 7.89. The summed E-state index contributed by atoms with van der Waals surface area (Å²) in [6, 6.07) is 2.09. The van der Waals surface area contributed by atoms with E-state index in [1.807, 2.05) is 4.72 Å². The Balaban J connectivity index is 3.23. The van der Waals surface area contributed by atoms with Crippen molar-refractivity contribution in [2.24, 2.45) is 5.73 Å². The Bertz CT molecular complexity index is 585. The Morgan fingerprint density at radius 2 is 1.94 bits per heavy atom. The van der Waals surface area contributed by atoms with E-state index in [-0.39, 0.29) is 0 Å². The van der Waals surface area contributed by atoms with E-state index in [4.69, 9.17) is 11.1 Å². The standard InChI is InChI=1S/C10H13F2N3O2S/c1-10(2,9(13)14)15-18(16,17)8-5-6(11)3-4-7(8)12/h3-5,15H,1-2H3,(H3,13,14). The molecule has 0 saturated carbocycles.